The van der Waals surface area contributed by atoms with Crippen LogP contribution in [0.15, 0.2) is 49.6 Å². The molecule has 3 aliphatic heterocycles. The molecule has 3 saturated heterocycles. The topological polar surface area (TPSA) is 106 Å². The number of methoxy groups -OCH3 is 1. The van der Waals surface area contributed by atoms with Crippen LogP contribution in [0.2, 0.25) is 0 Å². The summed E-state index contributed by atoms with van der Waals surface area (Å²) in [6.07, 6.45) is 7.34. The van der Waals surface area contributed by atoms with Crippen LogP contribution in [0.3, 0.4) is 0 Å². The molecule has 2 bridgehead atoms. The van der Waals surface area contributed by atoms with E-state index in [-0.39, 0.29) is 31.6 Å². The number of anilines is 1. The monoisotopic (exact) mass is 554 g/mol. The van der Waals surface area contributed by atoms with Crippen LogP contribution in [0.1, 0.15) is 52.4 Å². The number of carbonyl (C=O) groups excluding carboxylic acids is 3. The molecule has 4 rings (SSSR count). The van der Waals surface area contributed by atoms with Gasteiger partial charge in [-0.15, -0.1) is 13.2 Å². The number of aliphatic hydroxyl groups is 1. The van der Waals surface area contributed by atoms with Gasteiger partial charge in [-0.3, -0.25) is 14.4 Å². The van der Waals surface area contributed by atoms with Gasteiger partial charge in [0.1, 0.15) is 23.3 Å². The lowest BCUT2D eigenvalue weighted by atomic mass is 9.65. The van der Waals surface area contributed by atoms with Gasteiger partial charge in [-0.2, -0.15) is 0 Å². The number of unbranched alkanes of at least 4 members (excludes halogenated alkanes) is 2. The number of aliphatic hydroxyl groups excluding tert-OH is 1. The maximum Gasteiger partial charge on any atom is 0.312 e. The van der Waals surface area contributed by atoms with Crippen molar-refractivity contribution >= 4 is 23.5 Å². The van der Waals surface area contributed by atoms with Gasteiger partial charge >= 0.3 is 5.97 Å². The lowest BCUT2D eigenvalue weighted by molar-refractivity contribution is -0.162. The van der Waals surface area contributed by atoms with Crippen LogP contribution in [0.4, 0.5) is 5.69 Å². The Balaban J connectivity index is 1.73. The normalized spacial score (nSPS) is 29.1. The molecule has 1 aromatic rings. The fourth-order valence-electron chi connectivity index (χ4n) is 6.87. The zero-order chi connectivity index (χ0) is 29.1. The third-order valence-electron chi connectivity index (χ3n) is 8.85. The number of fused-ring (bicyclic) bond motifs is 1. The molecule has 1 aromatic carbocycles. The Morgan fingerprint density at radius 2 is 1.95 bits per heavy atom. The summed E-state index contributed by atoms with van der Waals surface area (Å²) in [5, 5.41) is 10.1. The van der Waals surface area contributed by atoms with E-state index in [2.05, 4.69) is 13.2 Å². The highest BCUT2D eigenvalue weighted by Crippen LogP contribution is 2.64. The molecule has 2 unspecified atom stereocenters. The van der Waals surface area contributed by atoms with Crippen molar-refractivity contribution in [3.05, 3.63) is 49.6 Å². The number of carbonyl (C=O) groups is 3. The Hall–Kier alpha value is -3.17. The van der Waals surface area contributed by atoms with Crippen LogP contribution in [-0.2, 0) is 23.9 Å². The predicted molar refractivity (Wildman–Crippen MR) is 151 cm³/mol. The number of nitrogens with zero attached hydrogens (tertiary/aromatic N) is 2. The minimum absolute atomic E-state index is 0.201. The summed E-state index contributed by atoms with van der Waals surface area (Å²) >= 11 is 0. The summed E-state index contributed by atoms with van der Waals surface area (Å²) in [6.45, 7) is 11.3. The molecular formula is C31H42N2O7. The number of ether oxygens (including phenoxy) is 3. The second kappa shape index (κ2) is 12.1. The lowest BCUT2D eigenvalue weighted by Crippen LogP contribution is -2.58. The van der Waals surface area contributed by atoms with E-state index >= 15 is 0 Å². The van der Waals surface area contributed by atoms with E-state index in [1.165, 1.54) is 4.90 Å². The molecule has 3 fully saturated rings. The average molecular weight is 555 g/mol. The Morgan fingerprint density at radius 3 is 2.55 bits per heavy atom. The molecule has 9 heteroatoms. The van der Waals surface area contributed by atoms with Crippen molar-refractivity contribution in [1.82, 2.24) is 4.90 Å². The van der Waals surface area contributed by atoms with Crippen molar-refractivity contribution in [3.63, 3.8) is 0 Å². The number of hydrogen-bond donors (Lipinski definition) is 1. The van der Waals surface area contributed by atoms with E-state index in [1.54, 1.807) is 49.3 Å². The van der Waals surface area contributed by atoms with Crippen LogP contribution in [0.5, 0.6) is 5.75 Å². The summed E-state index contributed by atoms with van der Waals surface area (Å²) in [7, 11) is 1.57. The Kier molecular flexibility index (Phi) is 9.05. The lowest BCUT2D eigenvalue weighted by Gasteiger charge is -2.38. The number of rotatable bonds is 14. The van der Waals surface area contributed by atoms with Crippen molar-refractivity contribution < 1.29 is 33.7 Å². The second-order valence-corrected chi connectivity index (χ2v) is 11.0. The molecule has 3 aliphatic rings. The molecule has 0 aliphatic carbocycles. The van der Waals surface area contributed by atoms with Crippen molar-refractivity contribution in [3.8, 4) is 5.75 Å². The van der Waals surface area contributed by atoms with E-state index in [1.807, 2.05) is 13.0 Å². The standard InChI is InChI=1S/C31H42N2O7/c1-6-9-10-11-19-39-29(37)25-24-27(35)33(21(4)20-34)26(31(24)17-16-30(25,8-3)40-31)28(36)32(18-7-2)22-12-14-23(38-5)15-13-22/h6-7,12-15,21,24-26,34H,1-2,8-11,16-20H2,3-5H3/t21-,24+,25+,26?,30-,31?/m1/s1. The molecule has 6 atom stereocenters. The van der Waals surface area contributed by atoms with E-state index < -0.39 is 41.1 Å². The third kappa shape index (κ3) is 4.83. The van der Waals surface area contributed by atoms with Crippen LogP contribution in [-0.4, -0.2) is 77.9 Å². The predicted octanol–water partition coefficient (Wildman–Crippen LogP) is 3.65. The number of allylic oxidation sites excluding steroid dienone is 1. The van der Waals surface area contributed by atoms with Gasteiger partial charge in [-0.05, 0) is 69.7 Å². The maximum atomic E-state index is 14.5. The zero-order valence-electron chi connectivity index (χ0n) is 23.8. The number of likely N-dealkylation sites (tertiary alicyclic amines) is 1. The van der Waals surface area contributed by atoms with E-state index in [0.717, 1.165) is 12.8 Å². The largest absolute Gasteiger partial charge is 0.497 e. The molecule has 1 spiro atoms. The van der Waals surface area contributed by atoms with Gasteiger partial charge in [0.2, 0.25) is 5.91 Å². The van der Waals surface area contributed by atoms with Gasteiger partial charge in [0.25, 0.3) is 5.91 Å². The summed E-state index contributed by atoms with van der Waals surface area (Å²) in [5.74, 6) is -2.19. The smallest absolute Gasteiger partial charge is 0.312 e. The SMILES string of the molecule is C=CCCCCOC(=O)[C@@H]1[C@H]2C(=O)N([C@H](C)CO)C(C(=O)N(CC=C)c3ccc(OC)cc3)C23CC[C@@]1(CC)O3. The fraction of sp³-hybridized carbons (Fsp3) is 0.581. The van der Waals surface area contributed by atoms with Gasteiger partial charge in [0, 0.05) is 12.2 Å². The Bertz CT molecular complexity index is 1120. The first-order chi connectivity index (χ1) is 19.2. The van der Waals surface area contributed by atoms with Crippen LogP contribution in [0, 0.1) is 11.8 Å². The summed E-state index contributed by atoms with van der Waals surface area (Å²) in [6, 6.07) is 5.40. The molecule has 9 nitrogen and oxygen atoms in total. The molecular weight excluding hydrogens is 512 g/mol. The molecule has 218 valence electrons. The van der Waals surface area contributed by atoms with E-state index in [0.29, 0.717) is 37.1 Å². The van der Waals surface area contributed by atoms with Gasteiger partial charge in [0.15, 0.2) is 0 Å². The first kappa shape index (κ1) is 29.8. The summed E-state index contributed by atoms with van der Waals surface area (Å²) in [5.41, 5.74) is -1.47. The van der Waals surface area contributed by atoms with Gasteiger partial charge in [0.05, 0.1) is 37.9 Å². The maximum absolute atomic E-state index is 14.5. The number of esters is 1. The summed E-state index contributed by atoms with van der Waals surface area (Å²) in [4.78, 5) is 45.3. The molecule has 1 N–H and O–H groups in total. The van der Waals surface area contributed by atoms with Crippen LogP contribution < -0.4 is 9.64 Å². The highest BCUT2D eigenvalue weighted by atomic mass is 16.6. The molecule has 3 heterocycles. The molecule has 0 radical (unpaired) electrons. The van der Waals surface area contributed by atoms with E-state index in [4.69, 9.17) is 14.2 Å². The Morgan fingerprint density at radius 1 is 1.23 bits per heavy atom. The molecule has 0 saturated carbocycles. The average Bonchev–Trinajstić information content (AvgIpc) is 3.58. The number of amides is 2. The van der Waals surface area contributed by atoms with Crippen LogP contribution in [0.25, 0.3) is 0 Å². The van der Waals surface area contributed by atoms with Gasteiger partial charge in [-0.25, -0.2) is 0 Å². The zero-order valence-corrected chi connectivity index (χ0v) is 23.8. The Labute approximate surface area is 236 Å². The van der Waals surface area contributed by atoms with Gasteiger partial charge < -0.3 is 29.1 Å². The minimum Gasteiger partial charge on any atom is -0.497 e. The first-order valence-corrected chi connectivity index (χ1v) is 14.2. The molecule has 2 amide bonds. The van der Waals surface area contributed by atoms with E-state index in [9.17, 15) is 19.5 Å². The van der Waals surface area contributed by atoms with Crippen molar-refractivity contribution in [1.29, 1.82) is 0 Å². The van der Waals surface area contributed by atoms with Crippen molar-refractivity contribution in [2.24, 2.45) is 11.8 Å². The highest BCUT2D eigenvalue weighted by Gasteiger charge is 2.79. The third-order valence-corrected chi connectivity index (χ3v) is 8.85. The minimum atomic E-state index is -1.20. The van der Waals surface area contributed by atoms with Gasteiger partial charge in [-0.1, -0.05) is 19.1 Å². The van der Waals surface area contributed by atoms with Crippen molar-refractivity contribution in [2.75, 3.05) is 31.8 Å². The molecule has 0 aromatic heterocycles. The molecule has 40 heavy (non-hydrogen) atoms. The highest BCUT2D eigenvalue weighted by molar-refractivity contribution is 6.05. The van der Waals surface area contributed by atoms with Crippen LogP contribution >= 0.6 is 0 Å². The summed E-state index contributed by atoms with van der Waals surface area (Å²) < 4.78 is 17.8. The quantitative estimate of drug-likeness (QED) is 0.213. The number of hydrogen-bond acceptors (Lipinski definition) is 7. The second-order valence-electron chi connectivity index (χ2n) is 11.0. The number of benzene rings is 1. The van der Waals surface area contributed by atoms with Crippen molar-refractivity contribution in [2.45, 2.75) is 75.7 Å². The first-order valence-electron chi connectivity index (χ1n) is 14.2. The fourth-order valence-corrected chi connectivity index (χ4v) is 6.87.